The fourth-order valence-electron chi connectivity index (χ4n) is 1.72. The van der Waals surface area contributed by atoms with Crippen LogP contribution in [0.4, 0.5) is 0 Å². The molecule has 0 heterocycles. The van der Waals surface area contributed by atoms with Crippen molar-refractivity contribution in [1.82, 2.24) is 0 Å². The smallest absolute Gasteiger partial charge is 0.310 e. The Morgan fingerprint density at radius 2 is 1.82 bits per heavy atom. The summed E-state index contributed by atoms with van der Waals surface area (Å²) < 4.78 is 11.7. The van der Waals surface area contributed by atoms with Gasteiger partial charge in [-0.3, -0.25) is 0 Å². The quantitative estimate of drug-likeness (QED) is 0.743. The van der Waals surface area contributed by atoms with Gasteiger partial charge >= 0.3 is 8.56 Å². The molecule has 1 aromatic carbocycles. The van der Waals surface area contributed by atoms with Crippen molar-refractivity contribution in [3.8, 4) is 0 Å². The Labute approximate surface area is 111 Å². The van der Waals surface area contributed by atoms with E-state index in [0.29, 0.717) is 0 Å². The molecule has 1 aromatic rings. The van der Waals surface area contributed by atoms with Crippen LogP contribution in [-0.4, -0.2) is 28.1 Å². The molecular formula is C12H24O2Si3. The first-order chi connectivity index (χ1) is 7.93. The van der Waals surface area contributed by atoms with E-state index in [2.05, 4.69) is 50.8 Å². The molecule has 0 N–H and O–H groups in total. The second-order valence-corrected chi connectivity index (χ2v) is 12.6. The molecule has 1 atom stereocenters. The van der Waals surface area contributed by atoms with E-state index in [4.69, 9.17) is 8.23 Å². The van der Waals surface area contributed by atoms with Gasteiger partial charge in [-0.05, 0) is 44.6 Å². The molecule has 5 heteroatoms. The average molecular weight is 285 g/mol. The molecule has 0 aliphatic heterocycles. The number of benzene rings is 1. The predicted molar refractivity (Wildman–Crippen MR) is 82.3 cm³/mol. The molecular weight excluding hydrogens is 260 g/mol. The molecule has 0 aliphatic carbocycles. The Bertz CT molecular complexity index is 338. The second-order valence-electron chi connectivity index (χ2n) is 5.06. The minimum absolute atomic E-state index is 0.791. The zero-order valence-electron chi connectivity index (χ0n) is 11.6. The van der Waals surface area contributed by atoms with E-state index >= 15 is 0 Å². The fourth-order valence-corrected chi connectivity index (χ4v) is 8.05. The lowest BCUT2D eigenvalue weighted by molar-refractivity contribution is 0.425. The van der Waals surface area contributed by atoms with Crippen LogP contribution in [-0.2, 0) is 14.7 Å². The molecule has 17 heavy (non-hydrogen) atoms. The third-order valence-corrected chi connectivity index (χ3v) is 11.9. The fraction of sp³-hybridized carbons (Fsp3) is 0.500. The van der Waals surface area contributed by atoms with Gasteiger partial charge in [0.2, 0.25) is 0 Å². The van der Waals surface area contributed by atoms with Gasteiger partial charge in [0.05, 0.1) is 0 Å². The highest BCUT2D eigenvalue weighted by molar-refractivity contribution is 6.75. The summed E-state index contributed by atoms with van der Waals surface area (Å²) in [6.45, 7) is 8.70. The number of aryl methyl sites for hydroxylation is 2. The molecule has 0 spiro atoms. The Balaban J connectivity index is 2.38. The third kappa shape index (κ3) is 5.78. The van der Waals surface area contributed by atoms with E-state index in [1.165, 1.54) is 17.2 Å². The first kappa shape index (κ1) is 14.9. The van der Waals surface area contributed by atoms with Crippen LogP contribution in [0.25, 0.3) is 0 Å². The summed E-state index contributed by atoms with van der Waals surface area (Å²) in [4.78, 5) is 0. The summed E-state index contributed by atoms with van der Waals surface area (Å²) >= 11 is 0. The molecule has 1 rings (SSSR count). The van der Waals surface area contributed by atoms with Crippen LogP contribution in [0.5, 0.6) is 0 Å². The molecule has 1 unspecified atom stereocenters. The van der Waals surface area contributed by atoms with Crippen molar-refractivity contribution >= 4 is 28.1 Å². The first-order valence-electron chi connectivity index (χ1n) is 6.21. The molecule has 0 fully saturated rings. The molecule has 2 nitrogen and oxygen atoms in total. The summed E-state index contributed by atoms with van der Waals surface area (Å²) in [7, 11) is -2.04. The maximum absolute atomic E-state index is 6.12. The topological polar surface area (TPSA) is 18.5 Å². The van der Waals surface area contributed by atoms with Crippen LogP contribution in [0.2, 0.25) is 25.7 Å². The molecule has 0 aromatic heterocycles. The molecule has 96 valence electrons. The van der Waals surface area contributed by atoms with E-state index in [0.717, 1.165) is 16.9 Å². The second kappa shape index (κ2) is 6.65. The maximum atomic E-state index is 6.12. The lowest BCUT2D eigenvalue weighted by Gasteiger charge is -2.25. The van der Waals surface area contributed by atoms with E-state index in [1.54, 1.807) is 0 Å². The Morgan fingerprint density at radius 1 is 1.24 bits per heavy atom. The van der Waals surface area contributed by atoms with Crippen molar-refractivity contribution in [2.45, 2.75) is 39.0 Å². The molecule has 0 saturated heterocycles. The van der Waals surface area contributed by atoms with Crippen molar-refractivity contribution < 1.29 is 8.23 Å². The first-order valence-corrected chi connectivity index (χ1v) is 12.3. The number of hydrogen-bond donors (Lipinski definition) is 0. The SMILES string of the molecule is Cc1ccc(CC[SiH](C)O[Si](C)(C)O[SiH3])cc1. The van der Waals surface area contributed by atoms with Crippen molar-refractivity contribution in [3.63, 3.8) is 0 Å². The van der Waals surface area contributed by atoms with Gasteiger partial charge in [0.25, 0.3) is 0 Å². The molecule has 0 bridgehead atoms. The maximum Gasteiger partial charge on any atom is 0.310 e. The Morgan fingerprint density at radius 3 is 2.35 bits per heavy atom. The van der Waals surface area contributed by atoms with Crippen molar-refractivity contribution in [2.24, 2.45) is 0 Å². The van der Waals surface area contributed by atoms with Gasteiger partial charge in [-0.1, -0.05) is 29.8 Å². The Kier molecular flexibility index (Phi) is 5.81. The zero-order valence-corrected chi connectivity index (χ0v) is 15.8. The summed E-state index contributed by atoms with van der Waals surface area (Å²) in [5.74, 6) is 0. The van der Waals surface area contributed by atoms with Crippen molar-refractivity contribution in [1.29, 1.82) is 0 Å². The van der Waals surface area contributed by atoms with Crippen molar-refractivity contribution in [2.75, 3.05) is 0 Å². The van der Waals surface area contributed by atoms with E-state index < -0.39 is 17.6 Å². The van der Waals surface area contributed by atoms with Gasteiger partial charge in [-0.15, -0.1) is 0 Å². The van der Waals surface area contributed by atoms with Crippen LogP contribution < -0.4 is 0 Å². The molecule has 0 saturated carbocycles. The van der Waals surface area contributed by atoms with Gasteiger partial charge < -0.3 is 8.23 Å². The summed E-state index contributed by atoms with van der Waals surface area (Å²) in [5.41, 5.74) is 2.75. The van der Waals surface area contributed by atoms with Crippen LogP contribution in [0.3, 0.4) is 0 Å². The minimum atomic E-state index is -1.76. The predicted octanol–water partition coefficient (Wildman–Crippen LogP) is 1.91. The lowest BCUT2D eigenvalue weighted by Crippen LogP contribution is -2.39. The van der Waals surface area contributed by atoms with Gasteiger partial charge in [-0.25, -0.2) is 0 Å². The average Bonchev–Trinajstić information content (AvgIpc) is 2.28. The minimum Gasteiger partial charge on any atom is -0.445 e. The van der Waals surface area contributed by atoms with Crippen LogP contribution >= 0.6 is 0 Å². The highest BCUT2D eigenvalue weighted by Gasteiger charge is 2.24. The molecule has 0 amide bonds. The van der Waals surface area contributed by atoms with E-state index in [1.807, 2.05) is 0 Å². The standard InChI is InChI=1S/C12H24O2Si3/c1-11-5-7-12(8-6-11)9-10-16(2)14-17(3,4)13-15/h5-8,16H,9-10H2,1-4,15H3. The molecule has 0 radical (unpaired) electrons. The van der Waals surface area contributed by atoms with Crippen LogP contribution in [0, 0.1) is 6.92 Å². The van der Waals surface area contributed by atoms with Gasteiger partial charge in [0, 0.05) is 0 Å². The largest absolute Gasteiger partial charge is 0.445 e. The highest BCUT2D eigenvalue weighted by Crippen LogP contribution is 2.12. The monoisotopic (exact) mass is 284 g/mol. The van der Waals surface area contributed by atoms with E-state index in [-0.39, 0.29) is 0 Å². The van der Waals surface area contributed by atoms with Gasteiger partial charge in [0.15, 0.2) is 9.04 Å². The van der Waals surface area contributed by atoms with Crippen LogP contribution in [0.1, 0.15) is 11.1 Å². The highest BCUT2D eigenvalue weighted by atomic mass is 28.4. The molecule has 0 aliphatic rings. The van der Waals surface area contributed by atoms with E-state index in [9.17, 15) is 0 Å². The van der Waals surface area contributed by atoms with Gasteiger partial charge in [-0.2, -0.15) is 0 Å². The lowest BCUT2D eigenvalue weighted by atomic mass is 10.1. The Hall–Kier alpha value is -0.209. The summed E-state index contributed by atoms with van der Waals surface area (Å²) in [5, 5.41) is 0. The zero-order chi connectivity index (χ0) is 12.9. The normalized spacial score (nSPS) is 13.9. The summed E-state index contributed by atoms with van der Waals surface area (Å²) in [6.07, 6.45) is 1.14. The van der Waals surface area contributed by atoms with Crippen molar-refractivity contribution in [3.05, 3.63) is 35.4 Å². The summed E-state index contributed by atoms with van der Waals surface area (Å²) in [6, 6.07) is 10.0. The third-order valence-electron chi connectivity index (χ3n) is 2.94. The van der Waals surface area contributed by atoms with Gasteiger partial charge in [0.1, 0.15) is 10.5 Å². The van der Waals surface area contributed by atoms with Crippen LogP contribution in [0.15, 0.2) is 24.3 Å². The number of rotatable bonds is 6. The number of hydrogen-bond acceptors (Lipinski definition) is 2.